The van der Waals surface area contributed by atoms with Crippen LogP contribution in [0.1, 0.15) is 32.4 Å². The first-order valence-corrected chi connectivity index (χ1v) is 5.65. The van der Waals surface area contributed by atoms with Gasteiger partial charge < -0.3 is 4.74 Å². The van der Waals surface area contributed by atoms with Crippen LogP contribution >= 0.6 is 0 Å². The molecule has 0 aliphatic heterocycles. The quantitative estimate of drug-likeness (QED) is 0.812. The highest BCUT2D eigenvalue weighted by molar-refractivity contribution is 5.36. The first kappa shape index (κ1) is 14.5. The van der Waals surface area contributed by atoms with Crippen LogP contribution in [0.15, 0.2) is 24.3 Å². The zero-order valence-corrected chi connectivity index (χ0v) is 10.7. The number of para-hydroxylation sites is 1. The molecule has 1 atom stereocenters. The molecule has 98 valence electrons. The second kappa shape index (κ2) is 5.83. The van der Waals surface area contributed by atoms with Gasteiger partial charge in [-0.25, -0.2) is 0 Å². The van der Waals surface area contributed by atoms with Crippen LogP contribution in [0.25, 0.3) is 0 Å². The standard InChI is InChI=1S/C14H17F2NO/c1-5-14(3,4)17-10(2)11-8-6-7-9-12(11)18-13(15)16/h1,6-10,13,17H,2-4H3. The summed E-state index contributed by atoms with van der Waals surface area (Å²) in [6, 6.07) is 6.49. The number of halogens is 2. The molecule has 0 fully saturated rings. The molecule has 0 aliphatic rings. The fraction of sp³-hybridized carbons (Fsp3) is 0.429. The number of rotatable bonds is 5. The van der Waals surface area contributed by atoms with Crippen LogP contribution in [-0.2, 0) is 0 Å². The number of alkyl halides is 2. The third-order valence-corrected chi connectivity index (χ3v) is 2.54. The van der Waals surface area contributed by atoms with Gasteiger partial charge in [0.1, 0.15) is 5.75 Å². The van der Waals surface area contributed by atoms with Crippen LogP contribution in [0.4, 0.5) is 8.78 Å². The smallest absolute Gasteiger partial charge is 0.387 e. The van der Waals surface area contributed by atoms with E-state index in [1.54, 1.807) is 18.2 Å². The van der Waals surface area contributed by atoms with Gasteiger partial charge in [-0.1, -0.05) is 24.1 Å². The van der Waals surface area contributed by atoms with Crippen molar-refractivity contribution in [2.45, 2.75) is 39.0 Å². The van der Waals surface area contributed by atoms with Crippen molar-refractivity contribution >= 4 is 0 Å². The molecule has 1 aromatic rings. The normalized spacial score (nSPS) is 13.2. The van der Waals surface area contributed by atoms with Gasteiger partial charge >= 0.3 is 6.61 Å². The van der Waals surface area contributed by atoms with Gasteiger partial charge in [0.05, 0.1) is 5.54 Å². The van der Waals surface area contributed by atoms with E-state index in [1.807, 2.05) is 20.8 Å². The van der Waals surface area contributed by atoms with Gasteiger partial charge in [0.15, 0.2) is 0 Å². The van der Waals surface area contributed by atoms with Gasteiger partial charge in [0.2, 0.25) is 0 Å². The second-order valence-electron chi connectivity index (χ2n) is 4.55. The van der Waals surface area contributed by atoms with Crippen LogP contribution in [0.5, 0.6) is 5.75 Å². The molecule has 0 aliphatic carbocycles. The average molecular weight is 253 g/mol. The predicted octanol–water partition coefficient (Wildman–Crippen LogP) is 3.35. The summed E-state index contributed by atoms with van der Waals surface area (Å²) in [6.07, 6.45) is 5.39. The summed E-state index contributed by atoms with van der Waals surface area (Å²) >= 11 is 0. The van der Waals surface area contributed by atoms with Gasteiger partial charge in [-0.15, -0.1) is 6.42 Å². The maximum absolute atomic E-state index is 12.3. The minimum absolute atomic E-state index is 0.167. The third-order valence-electron chi connectivity index (χ3n) is 2.54. The van der Waals surface area contributed by atoms with E-state index in [1.165, 1.54) is 6.07 Å². The molecule has 0 saturated carbocycles. The molecule has 2 nitrogen and oxygen atoms in total. The van der Waals surface area contributed by atoms with Gasteiger partial charge in [-0.05, 0) is 26.8 Å². The zero-order valence-electron chi connectivity index (χ0n) is 10.7. The lowest BCUT2D eigenvalue weighted by molar-refractivity contribution is -0.0507. The summed E-state index contributed by atoms with van der Waals surface area (Å²) in [7, 11) is 0. The molecule has 0 spiro atoms. The molecule has 1 unspecified atom stereocenters. The molecule has 1 N–H and O–H groups in total. The Morgan fingerprint density at radius 3 is 2.50 bits per heavy atom. The summed E-state index contributed by atoms with van der Waals surface area (Å²) in [5, 5.41) is 3.17. The highest BCUT2D eigenvalue weighted by Crippen LogP contribution is 2.27. The van der Waals surface area contributed by atoms with Gasteiger partial charge in [0.25, 0.3) is 0 Å². The molecule has 0 bridgehead atoms. The van der Waals surface area contributed by atoms with Crippen LogP contribution < -0.4 is 10.1 Å². The van der Waals surface area contributed by atoms with E-state index in [-0.39, 0.29) is 11.8 Å². The second-order valence-corrected chi connectivity index (χ2v) is 4.55. The first-order chi connectivity index (χ1) is 8.35. The molecule has 1 aromatic carbocycles. The van der Waals surface area contributed by atoms with Crippen molar-refractivity contribution < 1.29 is 13.5 Å². The minimum Gasteiger partial charge on any atom is -0.434 e. The van der Waals surface area contributed by atoms with Crippen LogP contribution in [0.2, 0.25) is 0 Å². The van der Waals surface area contributed by atoms with E-state index < -0.39 is 12.2 Å². The fourth-order valence-electron chi connectivity index (χ4n) is 1.70. The Labute approximate surface area is 106 Å². The van der Waals surface area contributed by atoms with E-state index in [0.29, 0.717) is 5.56 Å². The largest absolute Gasteiger partial charge is 0.434 e. The summed E-state index contributed by atoms with van der Waals surface area (Å²) in [5.41, 5.74) is 0.137. The molecule has 0 saturated heterocycles. The van der Waals surface area contributed by atoms with E-state index in [9.17, 15) is 8.78 Å². The molecule has 0 heterocycles. The summed E-state index contributed by atoms with van der Waals surface area (Å²) in [6.45, 7) is 2.71. The van der Waals surface area contributed by atoms with Crippen LogP contribution in [0, 0.1) is 12.3 Å². The van der Waals surface area contributed by atoms with Crippen molar-refractivity contribution in [2.24, 2.45) is 0 Å². The Balaban J connectivity index is 2.92. The molecule has 0 amide bonds. The van der Waals surface area contributed by atoms with Crippen molar-refractivity contribution in [1.82, 2.24) is 5.32 Å². The fourth-order valence-corrected chi connectivity index (χ4v) is 1.70. The van der Waals surface area contributed by atoms with Crippen molar-refractivity contribution in [1.29, 1.82) is 0 Å². The lowest BCUT2D eigenvalue weighted by Gasteiger charge is -2.26. The summed E-state index contributed by atoms with van der Waals surface area (Å²) < 4.78 is 29.1. The number of terminal acetylenes is 1. The molecule has 0 aromatic heterocycles. The molecule has 0 radical (unpaired) electrons. The third kappa shape index (κ3) is 4.01. The number of hydrogen-bond acceptors (Lipinski definition) is 2. The zero-order chi connectivity index (χ0) is 13.8. The van der Waals surface area contributed by atoms with Crippen molar-refractivity contribution in [2.75, 3.05) is 0 Å². The molecular formula is C14H17F2NO. The minimum atomic E-state index is -2.83. The van der Waals surface area contributed by atoms with E-state index in [4.69, 9.17) is 6.42 Å². The first-order valence-electron chi connectivity index (χ1n) is 5.65. The van der Waals surface area contributed by atoms with E-state index >= 15 is 0 Å². The van der Waals surface area contributed by atoms with E-state index in [0.717, 1.165) is 0 Å². The molecule has 18 heavy (non-hydrogen) atoms. The van der Waals surface area contributed by atoms with Crippen molar-refractivity contribution in [3.63, 3.8) is 0 Å². The maximum atomic E-state index is 12.3. The van der Waals surface area contributed by atoms with Crippen LogP contribution in [0.3, 0.4) is 0 Å². The van der Waals surface area contributed by atoms with Crippen molar-refractivity contribution in [3.8, 4) is 18.1 Å². The molecular weight excluding hydrogens is 236 g/mol. The topological polar surface area (TPSA) is 21.3 Å². The highest BCUT2D eigenvalue weighted by Gasteiger charge is 2.20. The highest BCUT2D eigenvalue weighted by atomic mass is 19.3. The Morgan fingerprint density at radius 1 is 1.33 bits per heavy atom. The van der Waals surface area contributed by atoms with Gasteiger partial charge in [0, 0.05) is 11.6 Å². The van der Waals surface area contributed by atoms with Gasteiger partial charge in [-0.3, -0.25) is 5.32 Å². The van der Waals surface area contributed by atoms with E-state index in [2.05, 4.69) is 16.0 Å². The Morgan fingerprint density at radius 2 is 1.94 bits per heavy atom. The number of hydrogen-bond donors (Lipinski definition) is 1. The van der Waals surface area contributed by atoms with Gasteiger partial charge in [-0.2, -0.15) is 8.78 Å². The Kier molecular flexibility index (Phi) is 4.69. The number of benzene rings is 1. The van der Waals surface area contributed by atoms with Crippen molar-refractivity contribution in [3.05, 3.63) is 29.8 Å². The summed E-state index contributed by atoms with van der Waals surface area (Å²) in [4.78, 5) is 0. The van der Waals surface area contributed by atoms with Crippen LogP contribution in [-0.4, -0.2) is 12.2 Å². The average Bonchev–Trinajstić information content (AvgIpc) is 2.28. The lowest BCUT2D eigenvalue weighted by Crippen LogP contribution is -2.39. The maximum Gasteiger partial charge on any atom is 0.387 e. The lowest BCUT2D eigenvalue weighted by atomic mass is 10.0. The predicted molar refractivity (Wildman–Crippen MR) is 67.5 cm³/mol. The molecule has 4 heteroatoms. The Bertz CT molecular complexity index is 438. The number of nitrogens with one attached hydrogen (secondary N) is 1. The Hall–Kier alpha value is -1.60. The SMILES string of the molecule is C#CC(C)(C)NC(C)c1ccccc1OC(F)F. The monoisotopic (exact) mass is 253 g/mol. The number of ether oxygens (including phenoxy) is 1. The summed E-state index contributed by atoms with van der Waals surface area (Å²) in [5.74, 6) is 2.77. The molecule has 1 rings (SSSR count).